The van der Waals surface area contributed by atoms with Gasteiger partial charge in [0.25, 0.3) is 0 Å². The van der Waals surface area contributed by atoms with Gasteiger partial charge in [0, 0.05) is 16.2 Å². The Morgan fingerprint density at radius 1 is 1.31 bits per heavy atom. The van der Waals surface area contributed by atoms with Gasteiger partial charge in [-0.3, -0.25) is 0 Å². The molecular formula is C10H7BrN2. The number of halogens is 1. The van der Waals surface area contributed by atoms with Gasteiger partial charge in [0.2, 0.25) is 0 Å². The quantitative estimate of drug-likeness (QED) is 0.763. The lowest BCUT2D eigenvalue weighted by molar-refractivity contribution is 1.04. The van der Waals surface area contributed by atoms with Gasteiger partial charge >= 0.3 is 0 Å². The number of hydrogen-bond donors (Lipinski definition) is 0. The van der Waals surface area contributed by atoms with Crippen LogP contribution in [0.2, 0.25) is 0 Å². The molecule has 0 bridgehead atoms. The van der Waals surface area contributed by atoms with Crippen molar-refractivity contribution in [1.82, 2.24) is 10.2 Å². The molecule has 64 valence electrons. The molecule has 2 aromatic rings. The maximum atomic E-state index is 7.74. The summed E-state index contributed by atoms with van der Waals surface area (Å²) in [6.07, 6.45) is -0.277. The fourth-order valence-corrected chi connectivity index (χ4v) is 1.46. The second-order valence-electron chi connectivity index (χ2n) is 2.39. The smallest absolute Gasteiger partial charge is 0.0940 e. The van der Waals surface area contributed by atoms with Crippen LogP contribution in [0.1, 0.15) is 4.11 Å². The minimum atomic E-state index is -0.277. The van der Waals surface area contributed by atoms with Crippen molar-refractivity contribution in [3.63, 3.8) is 0 Å². The van der Waals surface area contributed by atoms with E-state index in [9.17, 15) is 0 Å². The predicted molar refractivity (Wildman–Crippen MR) is 55.2 cm³/mol. The summed E-state index contributed by atoms with van der Waals surface area (Å²) >= 11 is 3.35. The van der Waals surface area contributed by atoms with E-state index in [2.05, 4.69) is 26.1 Å². The van der Waals surface area contributed by atoms with Gasteiger partial charge in [0.1, 0.15) is 0 Å². The largest absolute Gasteiger partial charge is 0.159 e. The van der Waals surface area contributed by atoms with Gasteiger partial charge in [-0.05, 0) is 18.2 Å². The molecule has 1 aromatic heterocycles. The van der Waals surface area contributed by atoms with Crippen LogP contribution in [0.15, 0.2) is 47.0 Å². The van der Waals surface area contributed by atoms with Crippen LogP contribution >= 0.6 is 15.9 Å². The summed E-state index contributed by atoms with van der Waals surface area (Å²) in [6, 6.07) is 7.00. The molecule has 0 N–H and O–H groups in total. The fraction of sp³-hybridized carbons (Fsp3) is 0. The first-order valence-corrected chi connectivity index (χ1v) is 4.46. The third-order valence-corrected chi connectivity index (χ3v) is 2.26. The summed E-state index contributed by atoms with van der Waals surface area (Å²) in [4.78, 5) is 0. The lowest BCUT2D eigenvalue weighted by atomic mass is 10.1. The second kappa shape index (κ2) is 3.66. The zero-order valence-electron chi connectivity index (χ0n) is 9.58. The van der Waals surface area contributed by atoms with Crippen LogP contribution in [0.3, 0.4) is 0 Å². The van der Waals surface area contributed by atoms with Crippen LogP contribution in [0.5, 0.6) is 0 Å². The minimum Gasteiger partial charge on any atom is -0.159 e. The Balaban J connectivity index is 2.66. The molecule has 3 heteroatoms. The zero-order valence-corrected chi connectivity index (χ0v) is 8.17. The topological polar surface area (TPSA) is 25.8 Å². The molecule has 0 amide bonds. The van der Waals surface area contributed by atoms with E-state index < -0.39 is 0 Å². The Bertz CT molecular complexity index is 546. The third-order valence-electron chi connectivity index (χ3n) is 1.57. The Labute approximate surface area is 89.0 Å². The van der Waals surface area contributed by atoms with E-state index in [-0.39, 0.29) is 18.3 Å². The first-order valence-electron chi connectivity index (χ1n) is 5.16. The van der Waals surface area contributed by atoms with E-state index in [1.54, 1.807) is 6.07 Å². The number of hydrogen-bond acceptors (Lipinski definition) is 2. The van der Waals surface area contributed by atoms with E-state index in [0.717, 1.165) is 4.47 Å². The highest BCUT2D eigenvalue weighted by Gasteiger charge is 2.01. The monoisotopic (exact) mass is 237 g/mol. The molecule has 2 rings (SSSR count). The Kier molecular flexibility index (Phi) is 1.55. The number of aromatic nitrogens is 2. The standard InChI is InChI=1S/C10H7BrN2/c11-9-5-2-1-4-8(9)10-6-3-7-12-13-10/h1-7H/i3D,6D,7D. The van der Waals surface area contributed by atoms with Gasteiger partial charge in [-0.2, -0.15) is 10.2 Å². The van der Waals surface area contributed by atoms with Gasteiger partial charge in [-0.25, -0.2) is 0 Å². The van der Waals surface area contributed by atoms with Crippen molar-refractivity contribution in [1.29, 1.82) is 0 Å². The van der Waals surface area contributed by atoms with Gasteiger partial charge < -0.3 is 0 Å². The normalized spacial score (nSPS) is 13.2. The summed E-state index contributed by atoms with van der Waals surface area (Å²) in [5.41, 5.74) is 1.02. The van der Waals surface area contributed by atoms with Crippen LogP contribution in [0, 0.1) is 0 Å². The molecule has 0 aliphatic heterocycles. The van der Waals surface area contributed by atoms with Crippen LogP contribution in [-0.4, -0.2) is 10.2 Å². The maximum absolute atomic E-state index is 7.74. The zero-order chi connectivity index (χ0) is 11.7. The number of nitrogens with zero attached hydrogens (tertiary/aromatic N) is 2. The highest BCUT2D eigenvalue weighted by molar-refractivity contribution is 9.10. The van der Waals surface area contributed by atoms with Crippen molar-refractivity contribution in [2.24, 2.45) is 0 Å². The molecule has 13 heavy (non-hydrogen) atoms. The molecule has 0 aliphatic carbocycles. The SMILES string of the molecule is [2H]c1nnc(-c2ccccc2Br)c([2H])c1[2H]. The van der Waals surface area contributed by atoms with Crippen molar-refractivity contribution < 1.29 is 4.11 Å². The van der Waals surface area contributed by atoms with Crippen LogP contribution < -0.4 is 0 Å². The lowest BCUT2D eigenvalue weighted by Crippen LogP contribution is -1.85. The van der Waals surface area contributed by atoms with Crippen LogP contribution in [-0.2, 0) is 0 Å². The highest BCUT2D eigenvalue weighted by atomic mass is 79.9. The summed E-state index contributed by atoms with van der Waals surface area (Å²) in [7, 11) is 0. The fourth-order valence-electron chi connectivity index (χ4n) is 0.987. The molecule has 0 saturated heterocycles. The summed E-state index contributed by atoms with van der Waals surface area (Å²) in [5.74, 6) is 0. The molecule has 0 fully saturated rings. The summed E-state index contributed by atoms with van der Waals surface area (Å²) < 4.78 is 23.3. The average Bonchev–Trinajstić information content (AvgIpc) is 2.28. The third kappa shape index (κ3) is 1.75. The van der Waals surface area contributed by atoms with E-state index >= 15 is 0 Å². The van der Waals surface area contributed by atoms with E-state index in [1.165, 1.54) is 0 Å². The van der Waals surface area contributed by atoms with E-state index in [1.807, 2.05) is 18.2 Å². The van der Waals surface area contributed by atoms with Crippen LogP contribution in [0.4, 0.5) is 0 Å². The predicted octanol–water partition coefficient (Wildman–Crippen LogP) is 2.91. The molecule has 0 atom stereocenters. The minimum absolute atomic E-state index is 0.0769. The second-order valence-corrected chi connectivity index (χ2v) is 3.24. The first-order chi connectivity index (χ1) is 7.61. The first kappa shape index (κ1) is 5.50. The molecule has 0 unspecified atom stereocenters. The van der Waals surface area contributed by atoms with Crippen molar-refractivity contribution in [2.75, 3.05) is 0 Å². The molecular weight excluding hydrogens is 228 g/mol. The summed E-state index contributed by atoms with van der Waals surface area (Å²) in [6.45, 7) is 0. The molecule has 0 radical (unpaired) electrons. The Morgan fingerprint density at radius 3 is 3.00 bits per heavy atom. The molecule has 0 spiro atoms. The highest BCUT2D eigenvalue weighted by Crippen LogP contribution is 2.25. The van der Waals surface area contributed by atoms with Crippen molar-refractivity contribution >= 4 is 15.9 Å². The maximum Gasteiger partial charge on any atom is 0.0940 e. The molecule has 0 saturated carbocycles. The number of benzene rings is 1. The van der Waals surface area contributed by atoms with Gasteiger partial charge in [-0.1, -0.05) is 34.1 Å². The van der Waals surface area contributed by atoms with Crippen molar-refractivity contribution in [3.05, 3.63) is 47.0 Å². The van der Waals surface area contributed by atoms with Crippen molar-refractivity contribution in [3.8, 4) is 11.3 Å². The average molecular weight is 238 g/mol. The Morgan fingerprint density at radius 2 is 2.15 bits per heavy atom. The van der Waals surface area contributed by atoms with Gasteiger partial charge in [-0.15, -0.1) is 0 Å². The summed E-state index contributed by atoms with van der Waals surface area (Å²) in [5, 5.41) is 7.34. The van der Waals surface area contributed by atoms with E-state index in [4.69, 9.17) is 4.11 Å². The van der Waals surface area contributed by atoms with Crippen molar-refractivity contribution in [2.45, 2.75) is 0 Å². The Hall–Kier alpha value is -1.22. The van der Waals surface area contributed by atoms with Gasteiger partial charge in [0.05, 0.1) is 9.81 Å². The van der Waals surface area contributed by atoms with E-state index in [0.29, 0.717) is 11.3 Å². The molecule has 1 aromatic carbocycles. The lowest BCUT2D eigenvalue weighted by Gasteiger charge is -2.00. The molecule has 0 aliphatic rings. The molecule has 2 nitrogen and oxygen atoms in total. The van der Waals surface area contributed by atoms with Crippen LogP contribution in [0.25, 0.3) is 11.3 Å². The number of rotatable bonds is 1. The van der Waals surface area contributed by atoms with Gasteiger partial charge in [0.15, 0.2) is 0 Å². The molecule has 1 heterocycles.